The number of fused-ring (bicyclic) bond motifs is 3. The van der Waals surface area contributed by atoms with E-state index in [1.807, 2.05) is 9.07 Å². The Labute approximate surface area is 200 Å². The van der Waals surface area contributed by atoms with Crippen LogP contribution in [-0.2, 0) is 25.6 Å². The van der Waals surface area contributed by atoms with E-state index in [2.05, 4.69) is 87.8 Å². The molecule has 5 heteroatoms. The van der Waals surface area contributed by atoms with Crippen molar-refractivity contribution in [3.63, 3.8) is 0 Å². The molecule has 0 saturated carbocycles. The van der Waals surface area contributed by atoms with Gasteiger partial charge in [0.05, 0.1) is 0 Å². The topological polar surface area (TPSA) is 0 Å². The zero-order valence-electron chi connectivity index (χ0n) is 18.3. The molecule has 0 atom stereocenters. The molecule has 0 aromatic heterocycles. The van der Waals surface area contributed by atoms with E-state index >= 15 is 0 Å². The van der Waals surface area contributed by atoms with Crippen molar-refractivity contribution >= 4 is 20.0 Å². The average molecular weight is 493 g/mol. The van der Waals surface area contributed by atoms with Gasteiger partial charge in [0.1, 0.15) is 0 Å². The van der Waals surface area contributed by atoms with E-state index in [-0.39, 0.29) is 44.0 Å². The maximum atomic E-state index is 2.62. The molecule has 0 spiro atoms. The normalized spacial score (nSPS) is 15.0. The molecule has 0 unspecified atom stereocenters. The van der Waals surface area contributed by atoms with E-state index in [4.69, 9.17) is 0 Å². The first-order valence-corrected chi connectivity index (χ1v) is 18.6. The number of hydrogen-bond donors (Lipinski definition) is 0. The second-order valence-corrected chi connectivity index (χ2v) is 22.1. The van der Waals surface area contributed by atoms with Crippen LogP contribution in [0.1, 0.15) is 17.5 Å². The van der Waals surface area contributed by atoms with Crippen LogP contribution in [0, 0.1) is 0 Å². The van der Waals surface area contributed by atoms with Gasteiger partial charge in [-0.25, -0.2) is 0 Å². The standard InChI is InChI=1S/C13H9.C11H21Si2.2ClH.Ti/c1-3-7-12-10(5-1)9-11-6-2-4-8-13(11)12;1-12(2,3)10-7-8-11(9-10)13(4,5)6;;;/h1-5,7-8H,9H2;7H,8H2,1-6H3;2*1H;/q;;;;+2/p-2. The third-order valence-corrected chi connectivity index (χ3v) is 13.5. The third-order valence-electron chi connectivity index (χ3n) is 5.91. The second kappa shape index (κ2) is 9.02. The average Bonchev–Trinajstić information content (AvgIpc) is 3.16. The van der Waals surface area contributed by atoms with Gasteiger partial charge in [-0.3, -0.25) is 0 Å². The maximum Gasteiger partial charge on any atom is -1.00 e. The Kier molecular flexibility index (Phi) is 7.75. The van der Waals surface area contributed by atoms with Gasteiger partial charge < -0.3 is 24.8 Å². The monoisotopic (exact) mass is 492 g/mol. The summed E-state index contributed by atoms with van der Waals surface area (Å²) >= 11 is -0.287. The number of halogens is 2. The van der Waals surface area contributed by atoms with E-state index in [9.17, 15) is 0 Å². The Hall–Kier alpha value is -0.352. The molecular weight excluding hydrogens is 463 g/mol. The fourth-order valence-corrected chi connectivity index (χ4v) is 13.9. The largest absolute Gasteiger partial charge is 1.00 e. The van der Waals surface area contributed by atoms with Crippen LogP contribution in [0.15, 0.2) is 62.8 Å². The van der Waals surface area contributed by atoms with Crippen molar-refractivity contribution in [1.82, 2.24) is 0 Å². The van der Waals surface area contributed by atoms with E-state index in [1.165, 1.54) is 23.1 Å². The van der Waals surface area contributed by atoms with Crippen molar-refractivity contribution in [2.24, 2.45) is 0 Å². The second-order valence-electron chi connectivity index (χ2n) is 9.97. The first-order chi connectivity index (χ1) is 12.7. The van der Waals surface area contributed by atoms with Crippen LogP contribution in [0.25, 0.3) is 11.1 Å². The number of allylic oxidation sites excluding steroid dienone is 4. The quantitative estimate of drug-likeness (QED) is 0.460. The molecule has 2 aliphatic rings. The SMILES string of the molecule is C[Si](C)(C)C1=CCC([Si](C)(C)C)=[C]1[Ti+2][c]1cccc2c1Cc1ccccc1-2.[Cl-].[Cl-]. The third kappa shape index (κ3) is 4.79. The van der Waals surface area contributed by atoms with Crippen molar-refractivity contribution in [3.8, 4) is 11.1 Å². The van der Waals surface area contributed by atoms with Gasteiger partial charge >= 0.3 is 176 Å². The minimum absolute atomic E-state index is 0. The summed E-state index contributed by atoms with van der Waals surface area (Å²) in [7, 11) is -2.56. The van der Waals surface area contributed by atoms with Crippen molar-refractivity contribution in [3.05, 3.63) is 73.9 Å². The molecule has 0 fully saturated rings. The summed E-state index contributed by atoms with van der Waals surface area (Å²) in [4.78, 5) is 0. The summed E-state index contributed by atoms with van der Waals surface area (Å²) in [5, 5.41) is 3.64. The van der Waals surface area contributed by atoms with Gasteiger partial charge in [0.25, 0.3) is 0 Å². The molecule has 2 aromatic carbocycles. The summed E-state index contributed by atoms with van der Waals surface area (Å²) in [5.41, 5.74) is 6.10. The van der Waals surface area contributed by atoms with E-state index in [0.29, 0.717) is 0 Å². The molecule has 4 rings (SSSR count). The molecule has 0 amide bonds. The van der Waals surface area contributed by atoms with Crippen LogP contribution in [0.4, 0.5) is 0 Å². The summed E-state index contributed by atoms with van der Waals surface area (Å²) in [6.45, 7) is 15.2. The van der Waals surface area contributed by atoms with Gasteiger partial charge in [-0.15, -0.1) is 0 Å². The minimum Gasteiger partial charge on any atom is -1.00 e. The van der Waals surface area contributed by atoms with Crippen LogP contribution < -0.4 is 28.7 Å². The molecule has 29 heavy (non-hydrogen) atoms. The Bertz CT molecular complexity index is 979. The predicted molar refractivity (Wildman–Crippen MR) is 121 cm³/mol. The van der Waals surface area contributed by atoms with Crippen molar-refractivity contribution in [1.29, 1.82) is 0 Å². The van der Waals surface area contributed by atoms with Gasteiger partial charge in [-0.1, -0.05) is 0 Å². The molecule has 0 saturated heterocycles. The van der Waals surface area contributed by atoms with Crippen molar-refractivity contribution < 1.29 is 44.0 Å². The summed E-state index contributed by atoms with van der Waals surface area (Å²) in [5.74, 6) is 0. The van der Waals surface area contributed by atoms with Crippen LogP contribution >= 0.6 is 0 Å². The van der Waals surface area contributed by atoms with Gasteiger partial charge in [0.15, 0.2) is 0 Å². The van der Waals surface area contributed by atoms with Gasteiger partial charge in [0.2, 0.25) is 0 Å². The van der Waals surface area contributed by atoms with Gasteiger partial charge in [-0.05, 0) is 0 Å². The molecule has 0 heterocycles. The maximum absolute atomic E-state index is 2.62. The van der Waals surface area contributed by atoms with Crippen LogP contribution in [0.5, 0.6) is 0 Å². The molecule has 2 aliphatic carbocycles. The Balaban J connectivity index is 0.00000150. The van der Waals surface area contributed by atoms with Crippen molar-refractivity contribution in [2.45, 2.75) is 52.1 Å². The first-order valence-electron chi connectivity index (χ1n) is 10.1. The van der Waals surface area contributed by atoms with Crippen LogP contribution in [0.2, 0.25) is 39.3 Å². The fourth-order valence-electron chi connectivity index (χ4n) is 4.49. The zero-order valence-corrected chi connectivity index (χ0v) is 23.4. The summed E-state index contributed by atoms with van der Waals surface area (Å²) in [6.07, 6.45) is 4.99. The number of rotatable bonds is 4. The number of hydrogen-bond acceptors (Lipinski definition) is 0. The van der Waals surface area contributed by atoms with E-state index < -0.39 is 16.1 Å². The molecule has 152 valence electrons. The van der Waals surface area contributed by atoms with Crippen LogP contribution in [0.3, 0.4) is 0 Å². The van der Waals surface area contributed by atoms with E-state index in [1.54, 1.807) is 14.6 Å². The smallest absolute Gasteiger partial charge is 1.00 e. The van der Waals surface area contributed by atoms with E-state index in [0.717, 1.165) is 6.42 Å². The van der Waals surface area contributed by atoms with Crippen molar-refractivity contribution in [2.75, 3.05) is 0 Å². The molecule has 0 bridgehead atoms. The van der Waals surface area contributed by atoms with Crippen LogP contribution in [-0.4, -0.2) is 16.1 Å². The molecular formula is C24H30Cl2Si2Ti. The van der Waals surface area contributed by atoms with Gasteiger partial charge in [0, 0.05) is 0 Å². The minimum atomic E-state index is -1.29. The molecule has 0 radical (unpaired) electrons. The Morgan fingerprint density at radius 2 is 1.41 bits per heavy atom. The zero-order chi connectivity index (χ0) is 19.4. The number of benzene rings is 2. The summed E-state index contributed by atoms with van der Waals surface area (Å²) < 4.78 is 3.53. The summed E-state index contributed by atoms with van der Waals surface area (Å²) in [6, 6.07) is 16.1. The Morgan fingerprint density at radius 3 is 2.07 bits per heavy atom. The first kappa shape index (κ1) is 24.9. The molecule has 0 N–H and O–H groups in total. The fraction of sp³-hybridized carbons (Fsp3) is 0.333. The van der Waals surface area contributed by atoms with Gasteiger partial charge in [-0.2, -0.15) is 0 Å². The predicted octanol–water partition coefficient (Wildman–Crippen LogP) is 0.313. The molecule has 0 aliphatic heterocycles. The molecule has 0 nitrogen and oxygen atoms in total. The molecule has 2 aromatic rings. The Morgan fingerprint density at radius 1 is 0.759 bits per heavy atom.